The van der Waals surface area contributed by atoms with E-state index in [0.717, 1.165) is 19.5 Å². The highest BCUT2D eigenvalue weighted by atomic mass is 32.2. The number of sulfonamides is 1. The van der Waals surface area contributed by atoms with Crippen LogP contribution in [-0.4, -0.2) is 43.6 Å². The third-order valence-electron chi connectivity index (χ3n) is 4.33. The fourth-order valence-corrected chi connectivity index (χ4v) is 4.53. The Hall–Kier alpha value is -0.950. The van der Waals surface area contributed by atoms with Gasteiger partial charge in [-0.15, -0.1) is 0 Å². The van der Waals surface area contributed by atoms with Gasteiger partial charge in [0.1, 0.15) is 0 Å². The zero-order chi connectivity index (χ0) is 15.0. The fourth-order valence-electron chi connectivity index (χ4n) is 2.97. The number of aliphatic hydroxyl groups is 1. The molecule has 1 heterocycles. The third-order valence-corrected chi connectivity index (χ3v) is 5.99. The van der Waals surface area contributed by atoms with Gasteiger partial charge in [-0.2, -0.15) is 0 Å². The van der Waals surface area contributed by atoms with Gasteiger partial charge in [0.05, 0.1) is 11.5 Å². The van der Waals surface area contributed by atoms with E-state index in [1.54, 1.807) is 25.1 Å². The number of hydrogen-bond acceptors (Lipinski definition) is 4. The Morgan fingerprint density at radius 1 is 1.33 bits per heavy atom. The standard InChI is InChI=1S/C15H22N2O3S/c1-11-2-3-12(10-18)8-15(11)21(19,20)16-13-6-7-17(9-13)14-4-5-14/h2-3,8,13-14,16,18H,4-7,9-10H2,1H3. The first-order chi connectivity index (χ1) is 9.99. The van der Waals surface area contributed by atoms with Crippen LogP contribution in [0.2, 0.25) is 0 Å². The Morgan fingerprint density at radius 3 is 2.76 bits per heavy atom. The van der Waals surface area contributed by atoms with E-state index in [4.69, 9.17) is 0 Å². The molecule has 0 aromatic heterocycles. The molecule has 21 heavy (non-hydrogen) atoms. The predicted octanol–water partition coefficient (Wildman–Crippen LogP) is 1.00. The topological polar surface area (TPSA) is 69.6 Å². The smallest absolute Gasteiger partial charge is 0.241 e. The van der Waals surface area contributed by atoms with Gasteiger partial charge in [-0.1, -0.05) is 12.1 Å². The second kappa shape index (κ2) is 5.68. The largest absolute Gasteiger partial charge is 0.392 e. The van der Waals surface area contributed by atoms with Crippen LogP contribution in [0.25, 0.3) is 0 Å². The molecular formula is C15H22N2O3S. The second-order valence-electron chi connectivity index (χ2n) is 6.09. The maximum atomic E-state index is 12.6. The minimum atomic E-state index is -3.52. The van der Waals surface area contributed by atoms with E-state index in [2.05, 4.69) is 9.62 Å². The Morgan fingerprint density at radius 2 is 2.10 bits per heavy atom. The van der Waals surface area contributed by atoms with Crippen molar-refractivity contribution in [2.45, 2.75) is 49.8 Å². The average molecular weight is 310 g/mol. The van der Waals surface area contributed by atoms with Crippen molar-refractivity contribution in [3.63, 3.8) is 0 Å². The van der Waals surface area contributed by atoms with E-state index >= 15 is 0 Å². The summed E-state index contributed by atoms with van der Waals surface area (Å²) in [5.41, 5.74) is 1.32. The Labute approximate surface area is 126 Å². The predicted molar refractivity (Wildman–Crippen MR) is 80.4 cm³/mol. The van der Waals surface area contributed by atoms with Crippen LogP contribution < -0.4 is 4.72 Å². The molecule has 3 rings (SSSR count). The number of likely N-dealkylation sites (tertiary alicyclic amines) is 1. The average Bonchev–Trinajstić information content (AvgIpc) is 3.20. The van der Waals surface area contributed by atoms with Gasteiger partial charge in [-0.05, 0) is 43.4 Å². The Balaban J connectivity index is 1.74. The van der Waals surface area contributed by atoms with Gasteiger partial charge in [0.2, 0.25) is 10.0 Å². The monoisotopic (exact) mass is 310 g/mol. The van der Waals surface area contributed by atoms with Crippen LogP contribution in [0, 0.1) is 6.92 Å². The molecule has 1 saturated heterocycles. The van der Waals surface area contributed by atoms with E-state index in [0.29, 0.717) is 17.2 Å². The molecule has 6 heteroatoms. The number of benzene rings is 1. The first-order valence-corrected chi connectivity index (χ1v) is 8.94. The van der Waals surface area contributed by atoms with Crippen molar-refractivity contribution in [1.29, 1.82) is 0 Å². The molecular weight excluding hydrogens is 288 g/mol. The van der Waals surface area contributed by atoms with Gasteiger partial charge in [-0.25, -0.2) is 13.1 Å². The van der Waals surface area contributed by atoms with Gasteiger partial charge < -0.3 is 5.11 Å². The van der Waals surface area contributed by atoms with E-state index < -0.39 is 10.0 Å². The second-order valence-corrected chi connectivity index (χ2v) is 7.77. The molecule has 2 fully saturated rings. The number of rotatable bonds is 5. The van der Waals surface area contributed by atoms with Gasteiger partial charge >= 0.3 is 0 Å². The lowest BCUT2D eigenvalue weighted by Crippen LogP contribution is -2.37. The summed E-state index contributed by atoms with van der Waals surface area (Å²) in [7, 11) is -3.52. The van der Waals surface area contributed by atoms with Crippen molar-refractivity contribution < 1.29 is 13.5 Å². The van der Waals surface area contributed by atoms with E-state index in [-0.39, 0.29) is 17.5 Å². The number of nitrogens with zero attached hydrogens (tertiary/aromatic N) is 1. The number of nitrogens with one attached hydrogen (secondary N) is 1. The molecule has 1 aliphatic heterocycles. The molecule has 1 aliphatic carbocycles. The molecule has 1 atom stereocenters. The minimum absolute atomic E-state index is 0.00668. The lowest BCUT2D eigenvalue weighted by molar-refractivity contribution is 0.281. The zero-order valence-electron chi connectivity index (χ0n) is 12.2. The minimum Gasteiger partial charge on any atom is -0.392 e. The van der Waals surface area contributed by atoms with Gasteiger partial charge in [-0.3, -0.25) is 4.90 Å². The summed E-state index contributed by atoms with van der Waals surface area (Å²) < 4.78 is 27.9. The highest BCUT2D eigenvalue weighted by Crippen LogP contribution is 2.30. The van der Waals surface area contributed by atoms with Crippen LogP contribution >= 0.6 is 0 Å². The van der Waals surface area contributed by atoms with E-state index in [9.17, 15) is 13.5 Å². The Bertz CT molecular complexity index is 626. The summed E-state index contributed by atoms with van der Waals surface area (Å²) in [6, 6.07) is 5.72. The maximum Gasteiger partial charge on any atom is 0.241 e. The molecule has 2 aliphatic rings. The van der Waals surface area contributed by atoms with Crippen molar-refractivity contribution in [2.75, 3.05) is 13.1 Å². The number of aliphatic hydroxyl groups excluding tert-OH is 1. The highest BCUT2D eigenvalue weighted by molar-refractivity contribution is 7.89. The summed E-state index contributed by atoms with van der Waals surface area (Å²) in [6.45, 7) is 3.42. The maximum absolute atomic E-state index is 12.6. The Kier molecular flexibility index (Phi) is 4.05. The molecule has 5 nitrogen and oxygen atoms in total. The van der Waals surface area contributed by atoms with E-state index in [1.165, 1.54) is 12.8 Å². The SMILES string of the molecule is Cc1ccc(CO)cc1S(=O)(=O)NC1CCN(C2CC2)C1. The third kappa shape index (κ3) is 3.29. The number of aryl methyl sites for hydroxylation is 1. The molecule has 1 saturated carbocycles. The molecule has 0 radical (unpaired) electrons. The lowest BCUT2D eigenvalue weighted by atomic mass is 10.2. The van der Waals surface area contributed by atoms with Gasteiger partial charge in [0.25, 0.3) is 0 Å². The van der Waals surface area contributed by atoms with Crippen LogP contribution in [0.4, 0.5) is 0 Å². The van der Waals surface area contributed by atoms with Crippen molar-refractivity contribution in [3.05, 3.63) is 29.3 Å². The summed E-state index contributed by atoms with van der Waals surface area (Å²) in [5.74, 6) is 0. The van der Waals surface area contributed by atoms with Crippen LogP contribution in [0.3, 0.4) is 0 Å². The quantitative estimate of drug-likeness (QED) is 0.851. The zero-order valence-corrected chi connectivity index (χ0v) is 13.1. The van der Waals surface area contributed by atoms with E-state index in [1.807, 2.05) is 0 Å². The molecule has 116 valence electrons. The van der Waals surface area contributed by atoms with Crippen molar-refractivity contribution in [1.82, 2.24) is 9.62 Å². The first kappa shape index (κ1) is 15.0. The van der Waals surface area contributed by atoms with Crippen LogP contribution in [0.1, 0.15) is 30.4 Å². The van der Waals surface area contributed by atoms with Gasteiger partial charge in [0, 0.05) is 25.2 Å². The van der Waals surface area contributed by atoms with Crippen molar-refractivity contribution in [2.24, 2.45) is 0 Å². The highest BCUT2D eigenvalue weighted by Gasteiger charge is 2.36. The molecule has 1 aromatic carbocycles. The first-order valence-electron chi connectivity index (χ1n) is 7.46. The van der Waals surface area contributed by atoms with Crippen LogP contribution in [0.5, 0.6) is 0 Å². The van der Waals surface area contributed by atoms with Crippen molar-refractivity contribution in [3.8, 4) is 0 Å². The summed E-state index contributed by atoms with van der Waals surface area (Å²) >= 11 is 0. The van der Waals surface area contributed by atoms with Gasteiger partial charge in [0.15, 0.2) is 0 Å². The molecule has 0 bridgehead atoms. The fraction of sp³-hybridized carbons (Fsp3) is 0.600. The van der Waals surface area contributed by atoms with Crippen LogP contribution in [-0.2, 0) is 16.6 Å². The molecule has 1 unspecified atom stereocenters. The normalized spacial score (nSPS) is 23.6. The molecule has 2 N–H and O–H groups in total. The summed E-state index contributed by atoms with van der Waals surface area (Å²) in [5, 5.41) is 9.18. The van der Waals surface area contributed by atoms with Crippen molar-refractivity contribution >= 4 is 10.0 Å². The lowest BCUT2D eigenvalue weighted by Gasteiger charge is -2.17. The summed E-state index contributed by atoms with van der Waals surface area (Å²) in [4.78, 5) is 2.66. The summed E-state index contributed by atoms with van der Waals surface area (Å²) in [6.07, 6.45) is 3.36. The molecule has 0 spiro atoms. The molecule has 1 aromatic rings. The molecule has 0 amide bonds. The number of hydrogen-bond donors (Lipinski definition) is 2. The van der Waals surface area contributed by atoms with Crippen LogP contribution in [0.15, 0.2) is 23.1 Å².